The van der Waals surface area contributed by atoms with Crippen molar-refractivity contribution >= 4 is 5.97 Å². The molecule has 2 aromatic carbocycles. The van der Waals surface area contributed by atoms with Crippen LogP contribution in [0.4, 0.5) is 0 Å². The Bertz CT molecular complexity index is 604. The maximum absolute atomic E-state index is 11.5. The van der Waals surface area contributed by atoms with Crippen molar-refractivity contribution in [1.82, 2.24) is 0 Å². The molecular weight excluding hydrogens is 284 g/mol. The molecule has 0 saturated heterocycles. The fourth-order valence-electron chi connectivity index (χ4n) is 1.85. The zero-order valence-electron chi connectivity index (χ0n) is 12.5. The van der Waals surface area contributed by atoms with Gasteiger partial charge in [-0.1, -0.05) is 0 Å². The maximum atomic E-state index is 11.5. The summed E-state index contributed by atoms with van der Waals surface area (Å²) in [6.07, 6.45) is -1.10. The largest absolute Gasteiger partial charge is 0.497 e. The molecule has 5 heteroatoms. The van der Waals surface area contributed by atoms with Gasteiger partial charge in [0.2, 0.25) is 6.29 Å². The summed E-state index contributed by atoms with van der Waals surface area (Å²) in [5, 5.41) is 10.0. The van der Waals surface area contributed by atoms with E-state index in [4.69, 9.17) is 14.2 Å². The van der Waals surface area contributed by atoms with Crippen LogP contribution in [-0.4, -0.2) is 24.8 Å². The highest BCUT2D eigenvalue weighted by Gasteiger charge is 2.11. The Morgan fingerprint density at radius 1 is 1.05 bits per heavy atom. The molecule has 2 aromatic rings. The number of methoxy groups -OCH3 is 1. The summed E-state index contributed by atoms with van der Waals surface area (Å²) < 4.78 is 15.4. The first-order chi connectivity index (χ1) is 10.6. The van der Waals surface area contributed by atoms with E-state index in [0.717, 1.165) is 0 Å². The van der Waals surface area contributed by atoms with Crippen LogP contribution in [0.3, 0.4) is 0 Å². The standard InChI is InChI=1S/C17H18O5/c1-3-21-16(18)12-6-10-15(11-7-12)22-17(19)13-4-8-14(20-2)9-5-13/h4-11,17,19H,3H2,1-2H3. The summed E-state index contributed by atoms with van der Waals surface area (Å²) in [4.78, 5) is 11.5. The normalized spacial score (nSPS) is 11.6. The van der Waals surface area contributed by atoms with E-state index in [1.807, 2.05) is 0 Å². The van der Waals surface area contributed by atoms with Crippen molar-refractivity contribution in [3.8, 4) is 11.5 Å². The topological polar surface area (TPSA) is 65.0 Å². The molecule has 0 bridgehead atoms. The predicted molar refractivity (Wildman–Crippen MR) is 81.0 cm³/mol. The molecule has 1 unspecified atom stereocenters. The van der Waals surface area contributed by atoms with Gasteiger partial charge in [-0.15, -0.1) is 0 Å². The van der Waals surface area contributed by atoms with Gasteiger partial charge in [0, 0.05) is 5.56 Å². The Kier molecular flexibility index (Phi) is 5.38. The molecule has 0 heterocycles. The number of carbonyl (C=O) groups is 1. The van der Waals surface area contributed by atoms with Gasteiger partial charge in [0.05, 0.1) is 19.3 Å². The van der Waals surface area contributed by atoms with Crippen LogP contribution >= 0.6 is 0 Å². The molecule has 0 spiro atoms. The molecule has 2 rings (SSSR count). The molecule has 0 amide bonds. The summed E-state index contributed by atoms with van der Waals surface area (Å²) in [6, 6.07) is 13.3. The van der Waals surface area contributed by atoms with Gasteiger partial charge in [-0.3, -0.25) is 0 Å². The van der Waals surface area contributed by atoms with Gasteiger partial charge in [0.1, 0.15) is 11.5 Å². The van der Waals surface area contributed by atoms with Crippen molar-refractivity contribution in [2.45, 2.75) is 13.2 Å². The molecule has 0 radical (unpaired) electrons. The Hall–Kier alpha value is -2.53. The molecule has 5 nitrogen and oxygen atoms in total. The van der Waals surface area contributed by atoms with Gasteiger partial charge in [-0.25, -0.2) is 4.79 Å². The monoisotopic (exact) mass is 302 g/mol. The Labute approximate surface area is 129 Å². The van der Waals surface area contributed by atoms with Crippen molar-refractivity contribution in [3.05, 3.63) is 59.7 Å². The van der Waals surface area contributed by atoms with Gasteiger partial charge >= 0.3 is 5.97 Å². The molecule has 1 atom stereocenters. The van der Waals surface area contributed by atoms with Crippen LogP contribution in [0, 0.1) is 0 Å². The van der Waals surface area contributed by atoms with Gasteiger partial charge in [0.15, 0.2) is 0 Å². The first-order valence-corrected chi connectivity index (χ1v) is 6.90. The summed E-state index contributed by atoms with van der Waals surface area (Å²) >= 11 is 0. The van der Waals surface area contributed by atoms with E-state index < -0.39 is 6.29 Å². The summed E-state index contributed by atoms with van der Waals surface area (Å²) in [7, 11) is 1.58. The minimum atomic E-state index is -1.10. The van der Waals surface area contributed by atoms with Gasteiger partial charge in [0.25, 0.3) is 0 Å². The average molecular weight is 302 g/mol. The van der Waals surface area contributed by atoms with E-state index in [1.165, 1.54) is 0 Å². The second-order valence-corrected chi connectivity index (χ2v) is 4.49. The van der Waals surface area contributed by atoms with Crippen LogP contribution in [0.5, 0.6) is 11.5 Å². The number of ether oxygens (including phenoxy) is 3. The quantitative estimate of drug-likeness (QED) is 0.656. The number of rotatable bonds is 6. The lowest BCUT2D eigenvalue weighted by Crippen LogP contribution is -2.07. The molecule has 22 heavy (non-hydrogen) atoms. The molecule has 1 N–H and O–H groups in total. The molecule has 0 aliphatic rings. The lowest BCUT2D eigenvalue weighted by molar-refractivity contribution is -0.0194. The van der Waals surface area contributed by atoms with Crippen molar-refractivity contribution in [2.75, 3.05) is 13.7 Å². The highest BCUT2D eigenvalue weighted by atomic mass is 16.6. The smallest absolute Gasteiger partial charge is 0.338 e. The van der Waals surface area contributed by atoms with Crippen LogP contribution in [-0.2, 0) is 4.74 Å². The molecular formula is C17H18O5. The Morgan fingerprint density at radius 2 is 1.64 bits per heavy atom. The third-order valence-corrected chi connectivity index (χ3v) is 3.01. The van der Waals surface area contributed by atoms with Crippen LogP contribution in [0.2, 0.25) is 0 Å². The fraction of sp³-hybridized carbons (Fsp3) is 0.235. The first-order valence-electron chi connectivity index (χ1n) is 6.90. The number of carbonyl (C=O) groups excluding carboxylic acids is 1. The van der Waals surface area contributed by atoms with Crippen molar-refractivity contribution < 1.29 is 24.1 Å². The van der Waals surface area contributed by atoms with E-state index >= 15 is 0 Å². The average Bonchev–Trinajstić information content (AvgIpc) is 2.55. The first kappa shape index (κ1) is 15.9. The molecule has 0 fully saturated rings. The third-order valence-electron chi connectivity index (χ3n) is 3.01. The zero-order chi connectivity index (χ0) is 15.9. The minimum absolute atomic E-state index is 0.327. The second kappa shape index (κ2) is 7.47. The Balaban J connectivity index is 2.01. The van der Waals surface area contributed by atoms with Crippen LogP contribution in [0.15, 0.2) is 48.5 Å². The van der Waals surface area contributed by atoms with Gasteiger partial charge < -0.3 is 19.3 Å². The molecule has 0 saturated carbocycles. The van der Waals surface area contributed by atoms with Gasteiger partial charge in [-0.05, 0) is 55.5 Å². The van der Waals surface area contributed by atoms with Crippen molar-refractivity contribution in [1.29, 1.82) is 0 Å². The van der Waals surface area contributed by atoms with Crippen molar-refractivity contribution in [2.24, 2.45) is 0 Å². The number of hydrogen-bond acceptors (Lipinski definition) is 5. The minimum Gasteiger partial charge on any atom is -0.497 e. The van der Waals surface area contributed by atoms with E-state index in [2.05, 4.69) is 0 Å². The maximum Gasteiger partial charge on any atom is 0.338 e. The van der Waals surface area contributed by atoms with Gasteiger partial charge in [-0.2, -0.15) is 0 Å². The predicted octanol–water partition coefficient (Wildman–Crippen LogP) is 2.94. The molecule has 116 valence electrons. The summed E-state index contributed by atoms with van der Waals surface area (Å²) in [6.45, 7) is 2.08. The Morgan fingerprint density at radius 3 is 2.18 bits per heavy atom. The van der Waals surface area contributed by atoms with E-state index in [-0.39, 0.29) is 5.97 Å². The van der Waals surface area contributed by atoms with Crippen LogP contribution < -0.4 is 9.47 Å². The summed E-state index contributed by atoms with van der Waals surface area (Å²) in [5.74, 6) is 0.774. The van der Waals surface area contributed by atoms with Crippen molar-refractivity contribution in [3.63, 3.8) is 0 Å². The number of esters is 1. The fourth-order valence-corrected chi connectivity index (χ4v) is 1.85. The van der Waals surface area contributed by atoms with E-state index in [1.54, 1.807) is 62.6 Å². The summed E-state index contributed by atoms with van der Waals surface area (Å²) in [5.41, 5.74) is 1.04. The van der Waals surface area contributed by atoms with Crippen LogP contribution in [0.1, 0.15) is 29.1 Å². The third kappa shape index (κ3) is 3.99. The van der Waals surface area contributed by atoms with E-state index in [0.29, 0.717) is 29.2 Å². The van der Waals surface area contributed by atoms with Crippen LogP contribution in [0.25, 0.3) is 0 Å². The molecule has 0 aromatic heterocycles. The molecule has 0 aliphatic heterocycles. The number of aliphatic hydroxyl groups excluding tert-OH is 1. The number of aliphatic hydroxyl groups is 1. The lowest BCUT2D eigenvalue weighted by Gasteiger charge is -2.14. The highest BCUT2D eigenvalue weighted by molar-refractivity contribution is 5.89. The zero-order valence-corrected chi connectivity index (χ0v) is 12.5. The molecule has 0 aliphatic carbocycles. The van der Waals surface area contributed by atoms with E-state index in [9.17, 15) is 9.90 Å². The number of benzene rings is 2. The lowest BCUT2D eigenvalue weighted by atomic mass is 10.2. The number of hydrogen-bond donors (Lipinski definition) is 1. The SMILES string of the molecule is CCOC(=O)c1ccc(OC(O)c2ccc(OC)cc2)cc1. The highest BCUT2D eigenvalue weighted by Crippen LogP contribution is 2.22. The second-order valence-electron chi connectivity index (χ2n) is 4.49.